The maximum Gasteiger partial charge on any atom is 0.355 e. The average molecular weight is 292 g/mol. The smallest absolute Gasteiger partial charge is 0.355 e. The van der Waals surface area contributed by atoms with Crippen molar-refractivity contribution in [3.8, 4) is 0 Å². The van der Waals surface area contributed by atoms with E-state index < -0.39 is 5.97 Å². The summed E-state index contributed by atoms with van der Waals surface area (Å²) in [7, 11) is 0. The lowest BCUT2D eigenvalue weighted by atomic mass is 10.1. The van der Waals surface area contributed by atoms with Crippen LogP contribution in [0.1, 0.15) is 52.4 Å². The van der Waals surface area contributed by atoms with Gasteiger partial charge in [-0.15, -0.1) is 6.58 Å². The Labute approximate surface area is 126 Å². The van der Waals surface area contributed by atoms with E-state index in [0.29, 0.717) is 36.5 Å². The molecule has 0 aliphatic carbocycles. The van der Waals surface area contributed by atoms with Gasteiger partial charge in [0, 0.05) is 18.8 Å². The number of ether oxygens (including phenoxy) is 1. The van der Waals surface area contributed by atoms with Gasteiger partial charge in [0.05, 0.1) is 12.2 Å². The minimum absolute atomic E-state index is 0.153. The Hall–Kier alpha value is -2.04. The van der Waals surface area contributed by atoms with E-state index in [2.05, 4.69) is 11.9 Å². The molecule has 0 saturated carbocycles. The van der Waals surface area contributed by atoms with Crippen LogP contribution in [0.5, 0.6) is 0 Å². The van der Waals surface area contributed by atoms with Crippen LogP contribution in [0, 0.1) is 13.8 Å². The Morgan fingerprint density at radius 1 is 1.33 bits per heavy atom. The Morgan fingerprint density at radius 2 is 2.00 bits per heavy atom. The number of aromatic nitrogens is 1. The number of allylic oxidation sites excluding steroid dienone is 1. The highest BCUT2D eigenvalue weighted by Crippen LogP contribution is 2.23. The third-order valence-corrected chi connectivity index (χ3v) is 3.31. The monoisotopic (exact) mass is 292 g/mol. The third-order valence-electron chi connectivity index (χ3n) is 3.31. The van der Waals surface area contributed by atoms with E-state index in [1.165, 1.54) is 0 Å². The van der Waals surface area contributed by atoms with Gasteiger partial charge in [-0.25, -0.2) is 4.79 Å². The molecule has 0 saturated heterocycles. The molecule has 0 fully saturated rings. The van der Waals surface area contributed by atoms with E-state index in [4.69, 9.17) is 4.74 Å². The van der Waals surface area contributed by atoms with E-state index in [1.807, 2.05) is 13.8 Å². The maximum absolute atomic E-state index is 12.3. The molecule has 1 N–H and O–H groups in total. The van der Waals surface area contributed by atoms with Crippen LogP contribution in [0.15, 0.2) is 12.7 Å². The first-order valence-corrected chi connectivity index (χ1v) is 7.25. The standard InChI is InChI=1S/C16H24N2O3/c1-6-9-17-15(19)13-11(4)14(16(20)21-8-3)18(10-7-2)12(13)5/h7H,2,6,8-10H2,1,3-5H3,(H,17,19). The molecule has 0 aliphatic rings. The predicted octanol–water partition coefficient (Wildman–Crippen LogP) is 2.61. The topological polar surface area (TPSA) is 60.3 Å². The van der Waals surface area contributed by atoms with Gasteiger partial charge < -0.3 is 14.6 Å². The van der Waals surface area contributed by atoms with Crippen molar-refractivity contribution in [2.75, 3.05) is 13.2 Å². The summed E-state index contributed by atoms with van der Waals surface area (Å²) in [6.07, 6.45) is 2.56. The zero-order valence-electron chi connectivity index (χ0n) is 13.3. The van der Waals surface area contributed by atoms with Gasteiger partial charge in [-0.2, -0.15) is 0 Å². The molecule has 0 bridgehead atoms. The van der Waals surface area contributed by atoms with Crippen LogP contribution in [0.4, 0.5) is 0 Å². The van der Waals surface area contributed by atoms with E-state index in [9.17, 15) is 9.59 Å². The summed E-state index contributed by atoms with van der Waals surface area (Å²) < 4.78 is 6.88. The zero-order valence-corrected chi connectivity index (χ0v) is 13.3. The van der Waals surface area contributed by atoms with Crippen molar-refractivity contribution in [1.82, 2.24) is 9.88 Å². The molecule has 1 heterocycles. The number of nitrogens with zero attached hydrogens (tertiary/aromatic N) is 1. The van der Waals surface area contributed by atoms with Gasteiger partial charge in [0.1, 0.15) is 5.69 Å². The molecular formula is C16H24N2O3. The van der Waals surface area contributed by atoms with Crippen molar-refractivity contribution < 1.29 is 14.3 Å². The van der Waals surface area contributed by atoms with Gasteiger partial charge in [-0.1, -0.05) is 13.0 Å². The zero-order chi connectivity index (χ0) is 16.0. The summed E-state index contributed by atoms with van der Waals surface area (Å²) in [5.74, 6) is -0.560. The van der Waals surface area contributed by atoms with Crippen LogP contribution >= 0.6 is 0 Å². The fraction of sp³-hybridized carbons (Fsp3) is 0.500. The van der Waals surface area contributed by atoms with Gasteiger partial charge in [0.2, 0.25) is 0 Å². The van der Waals surface area contributed by atoms with Crippen LogP contribution in [0.2, 0.25) is 0 Å². The molecule has 1 rings (SSSR count). The van der Waals surface area contributed by atoms with Crippen LogP contribution in [-0.4, -0.2) is 29.6 Å². The molecule has 0 radical (unpaired) electrons. The summed E-state index contributed by atoms with van der Waals surface area (Å²) in [5.41, 5.74) is 2.38. The molecule has 0 unspecified atom stereocenters. The van der Waals surface area contributed by atoms with Crippen molar-refractivity contribution >= 4 is 11.9 Å². The van der Waals surface area contributed by atoms with Crippen molar-refractivity contribution in [2.45, 2.75) is 40.7 Å². The normalized spacial score (nSPS) is 10.3. The molecule has 1 amide bonds. The molecular weight excluding hydrogens is 268 g/mol. The van der Waals surface area contributed by atoms with Crippen LogP contribution in [0.3, 0.4) is 0 Å². The van der Waals surface area contributed by atoms with Gasteiger partial charge in [0.25, 0.3) is 5.91 Å². The molecule has 21 heavy (non-hydrogen) atoms. The Balaban J connectivity index is 3.33. The first-order chi connectivity index (χ1) is 9.99. The van der Waals surface area contributed by atoms with E-state index >= 15 is 0 Å². The molecule has 1 aromatic heterocycles. The van der Waals surface area contributed by atoms with E-state index in [0.717, 1.165) is 12.1 Å². The fourth-order valence-electron chi connectivity index (χ4n) is 2.38. The van der Waals surface area contributed by atoms with E-state index in [1.54, 1.807) is 24.5 Å². The maximum atomic E-state index is 12.3. The number of esters is 1. The lowest BCUT2D eigenvalue weighted by Crippen LogP contribution is -2.25. The predicted molar refractivity (Wildman–Crippen MR) is 82.7 cm³/mol. The summed E-state index contributed by atoms with van der Waals surface area (Å²) in [6.45, 7) is 12.4. The number of carbonyl (C=O) groups is 2. The highest BCUT2D eigenvalue weighted by molar-refractivity contribution is 6.01. The second kappa shape index (κ2) is 7.67. The fourth-order valence-corrected chi connectivity index (χ4v) is 2.38. The summed E-state index contributed by atoms with van der Waals surface area (Å²) in [5, 5.41) is 2.85. The third kappa shape index (κ3) is 3.54. The minimum Gasteiger partial charge on any atom is -0.461 e. The second-order valence-electron chi connectivity index (χ2n) is 4.81. The largest absolute Gasteiger partial charge is 0.461 e. The molecule has 0 spiro atoms. The number of nitrogens with one attached hydrogen (secondary N) is 1. The van der Waals surface area contributed by atoms with Gasteiger partial charge >= 0.3 is 5.97 Å². The number of carbonyl (C=O) groups excluding carboxylic acids is 2. The Morgan fingerprint density at radius 3 is 2.52 bits per heavy atom. The molecule has 1 aromatic rings. The van der Waals surface area contributed by atoms with Gasteiger partial charge in [-0.05, 0) is 32.8 Å². The van der Waals surface area contributed by atoms with Crippen LogP contribution in [0.25, 0.3) is 0 Å². The molecule has 116 valence electrons. The molecule has 5 nitrogen and oxygen atoms in total. The average Bonchev–Trinajstić information content (AvgIpc) is 2.68. The van der Waals surface area contributed by atoms with Crippen molar-refractivity contribution in [1.29, 1.82) is 0 Å². The summed E-state index contributed by atoms with van der Waals surface area (Å²) >= 11 is 0. The number of hydrogen-bond acceptors (Lipinski definition) is 3. The van der Waals surface area contributed by atoms with Gasteiger partial charge in [-0.3, -0.25) is 4.79 Å². The first kappa shape index (κ1) is 17.0. The highest BCUT2D eigenvalue weighted by Gasteiger charge is 2.26. The summed E-state index contributed by atoms with van der Waals surface area (Å²) in [6, 6.07) is 0. The number of hydrogen-bond donors (Lipinski definition) is 1. The first-order valence-electron chi connectivity index (χ1n) is 7.25. The van der Waals surface area contributed by atoms with Crippen molar-refractivity contribution in [3.05, 3.63) is 35.2 Å². The molecule has 0 aromatic carbocycles. The van der Waals surface area contributed by atoms with Crippen LogP contribution < -0.4 is 5.32 Å². The van der Waals surface area contributed by atoms with Gasteiger partial charge in [0.15, 0.2) is 0 Å². The Kier molecular flexibility index (Phi) is 6.21. The van der Waals surface area contributed by atoms with Crippen molar-refractivity contribution in [3.63, 3.8) is 0 Å². The number of amides is 1. The number of rotatable bonds is 7. The molecule has 5 heteroatoms. The lowest BCUT2D eigenvalue weighted by molar-refractivity contribution is 0.0513. The Bertz CT molecular complexity index is 544. The van der Waals surface area contributed by atoms with Crippen molar-refractivity contribution in [2.24, 2.45) is 0 Å². The minimum atomic E-state index is -0.408. The summed E-state index contributed by atoms with van der Waals surface area (Å²) in [4.78, 5) is 24.4. The quantitative estimate of drug-likeness (QED) is 0.621. The molecule has 0 aliphatic heterocycles. The SMILES string of the molecule is C=CCn1c(C)c(C(=O)NCCC)c(C)c1C(=O)OCC. The highest BCUT2D eigenvalue weighted by atomic mass is 16.5. The molecule has 0 atom stereocenters. The second-order valence-corrected chi connectivity index (χ2v) is 4.81. The lowest BCUT2D eigenvalue weighted by Gasteiger charge is -2.09. The van der Waals surface area contributed by atoms with E-state index in [-0.39, 0.29) is 5.91 Å². The van der Waals surface area contributed by atoms with Crippen LogP contribution in [-0.2, 0) is 11.3 Å².